The minimum Gasteiger partial charge on any atom is -0.481 e. The van der Waals surface area contributed by atoms with E-state index in [9.17, 15) is 18.4 Å². The Morgan fingerprint density at radius 1 is 1.22 bits per heavy atom. The summed E-state index contributed by atoms with van der Waals surface area (Å²) in [6.07, 6.45) is -0.360. The molecule has 5 nitrogen and oxygen atoms in total. The van der Waals surface area contributed by atoms with E-state index in [-0.39, 0.29) is 18.4 Å². The number of aliphatic carboxylic acids is 1. The highest BCUT2D eigenvalue weighted by molar-refractivity contribution is 5.88. The van der Waals surface area contributed by atoms with Gasteiger partial charge in [-0.2, -0.15) is 0 Å². The Balaban J connectivity index is 3.01. The zero-order chi connectivity index (χ0) is 13.9. The van der Waals surface area contributed by atoms with Gasteiger partial charge < -0.3 is 15.9 Å². The minimum atomic E-state index is -1.59. The first-order valence-electron chi connectivity index (χ1n) is 5.03. The van der Waals surface area contributed by atoms with Gasteiger partial charge in [0.1, 0.15) is 0 Å². The maximum Gasteiger partial charge on any atom is 0.338 e. The van der Waals surface area contributed by atoms with E-state index < -0.39 is 35.2 Å². The van der Waals surface area contributed by atoms with Crippen LogP contribution in [0.3, 0.4) is 0 Å². The second-order valence-electron chi connectivity index (χ2n) is 3.67. The number of benzene rings is 1. The van der Waals surface area contributed by atoms with E-state index in [0.717, 1.165) is 12.1 Å². The van der Waals surface area contributed by atoms with Crippen LogP contribution in [0.25, 0.3) is 0 Å². The summed E-state index contributed by atoms with van der Waals surface area (Å²) in [5.41, 5.74) is 4.49. The molecular weight excluding hydrogens is 248 g/mol. The number of carboxylic acids is 2. The monoisotopic (exact) mass is 259 g/mol. The molecule has 0 heterocycles. The van der Waals surface area contributed by atoms with Crippen LogP contribution >= 0.6 is 0 Å². The van der Waals surface area contributed by atoms with Crippen molar-refractivity contribution in [2.75, 3.05) is 0 Å². The quantitative estimate of drug-likeness (QED) is 0.744. The van der Waals surface area contributed by atoms with Crippen LogP contribution in [0.5, 0.6) is 0 Å². The summed E-state index contributed by atoms with van der Waals surface area (Å²) in [6.45, 7) is 0. The standard InChI is InChI=1S/C11H11F2NO4/c12-9-5(7(14)3-4-8(15)16)1-2-6(10(9)13)11(17)18/h1-2,7H,3-4,14H2,(H,15,16)(H,17,18). The first kappa shape index (κ1) is 14.0. The van der Waals surface area contributed by atoms with Crippen LogP contribution in [-0.2, 0) is 4.79 Å². The largest absolute Gasteiger partial charge is 0.481 e. The van der Waals surface area contributed by atoms with Gasteiger partial charge in [-0.15, -0.1) is 0 Å². The van der Waals surface area contributed by atoms with Crippen LogP contribution in [0.2, 0.25) is 0 Å². The van der Waals surface area contributed by atoms with Gasteiger partial charge in [-0.25, -0.2) is 13.6 Å². The van der Waals surface area contributed by atoms with Gasteiger partial charge in [0.05, 0.1) is 5.56 Å². The molecule has 18 heavy (non-hydrogen) atoms. The predicted octanol–water partition coefficient (Wildman–Crippen LogP) is 1.53. The van der Waals surface area contributed by atoms with Gasteiger partial charge in [-0.1, -0.05) is 6.07 Å². The fraction of sp³-hybridized carbons (Fsp3) is 0.273. The summed E-state index contributed by atoms with van der Waals surface area (Å²) in [7, 11) is 0. The number of carbonyl (C=O) groups is 2. The Labute approximate surface area is 101 Å². The molecular formula is C11H11F2NO4. The molecule has 0 saturated carbocycles. The number of halogens is 2. The molecule has 1 aromatic rings. The molecule has 1 unspecified atom stereocenters. The first-order valence-corrected chi connectivity index (χ1v) is 5.03. The lowest BCUT2D eigenvalue weighted by Crippen LogP contribution is -2.16. The summed E-state index contributed by atoms with van der Waals surface area (Å²) in [5.74, 6) is -5.54. The Morgan fingerprint density at radius 2 is 1.83 bits per heavy atom. The van der Waals surface area contributed by atoms with E-state index in [0.29, 0.717) is 0 Å². The number of carboxylic acid groups (broad SMARTS) is 2. The van der Waals surface area contributed by atoms with Crippen LogP contribution in [0, 0.1) is 11.6 Å². The van der Waals surface area contributed by atoms with Gasteiger partial charge >= 0.3 is 11.9 Å². The molecule has 0 bridgehead atoms. The molecule has 98 valence electrons. The second kappa shape index (κ2) is 5.54. The summed E-state index contributed by atoms with van der Waals surface area (Å²) in [5, 5.41) is 17.0. The number of aromatic carboxylic acids is 1. The number of nitrogens with two attached hydrogens (primary N) is 1. The highest BCUT2D eigenvalue weighted by Gasteiger charge is 2.21. The van der Waals surface area contributed by atoms with Crippen LogP contribution in [-0.4, -0.2) is 22.2 Å². The molecule has 0 radical (unpaired) electrons. The maximum atomic E-state index is 13.5. The van der Waals surface area contributed by atoms with Crippen molar-refractivity contribution < 1.29 is 28.6 Å². The smallest absolute Gasteiger partial charge is 0.338 e. The van der Waals surface area contributed by atoms with Gasteiger partial charge in [0.25, 0.3) is 0 Å². The lowest BCUT2D eigenvalue weighted by molar-refractivity contribution is -0.137. The highest BCUT2D eigenvalue weighted by atomic mass is 19.2. The van der Waals surface area contributed by atoms with Gasteiger partial charge in [0.2, 0.25) is 0 Å². The zero-order valence-electron chi connectivity index (χ0n) is 9.19. The van der Waals surface area contributed by atoms with Crippen molar-refractivity contribution in [2.24, 2.45) is 5.73 Å². The van der Waals surface area contributed by atoms with Crippen molar-refractivity contribution in [2.45, 2.75) is 18.9 Å². The van der Waals surface area contributed by atoms with Crippen molar-refractivity contribution in [3.8, 4) is 0 Å². The number of rotatable bonds is 5. The Bertz CT molecular complexity index is 490. The highest BCUT2D eigenvalue weighted by Crippen LogP contribution is 2.23. The average Bonchev–Trinajstić information content (AvgIpc) is 2.29. The second-order valence-corrected chi connectivity index (χ2v) is 3.67. The molecule has 1 atom stereocenters. The molecule has 0 aliphatic rings. The summed E-state index contributed by atoms with van der Waals surface area (Å²) in [6, 6.07) is 0.948. The average molecular weight is 259 g/mol. The van der Waals surface area contributed by atoms with Crippen LogP contribution in [0.15, 0.2) is 12.1 Å². The van der Waals surface area contributed by atoms with Crippen molar-refractivity contribution >= 4 is 11.9 Å². The molecule has 0 amide bonds. The first-order chi connectivity index (χ1) is 8.34. The van der Waals surface area contributed by atoms with Crippen LogP contribution < -0.4 is 5.73 Å². The number of hydrogen-bond acceptors (Lipinski definition) is 3. The van der Waals surface area contributed by atoms with Gasteiger partial charge in [-0.05, 0) is 12.5 Å². The molecule has 1 rings (SSSR count). The minimum absolute atomic E-state index is 0.0713. The molecule has 0 saturated heterocycles. The van der Waals surface area contributed by atoms with Crippen molar-refractivity contribution in [3.05, 3.63) is 34.9 Å². The van der Waals surface area contributed by atoms with E-state index in [2.05, 4.69) is 0 Å². The Kier molecular flexibility index (Phi) is 4.33. The summed E-state index contributed by atoms with van der Waals surface area (Å²) in [4.78, 5) is 20.9. The molecule has 0 spiro atoms. The van der Waals surface area contributed by atoms with Crippen molar-refractivity contribution in [1.29, 1.82) is 0 Å². The zero-order valence-corrected chi connectivity index (χ0v) is 9.19. The van der Waals surface area contributed by atoms with Crippen molar-refractivity contribution in [3.63, 3.8) is 0 Å². The van der Waals surface area contributed by atoms with Crippen LogP contribution in [0.4, 0.5) is 8.78 Å². The van der Waals surface area contributed by atoms with E-state index in [1.54, 1.807) is 0 Å². The predicted molar refractivity (Wildman–Crippen MR) is 57.1 cm³/mol. The molecule has 0 aliphatic carbocycles. The third-order valence-corrected chi connectivity index (χ3v) is 2.41. The van der Waals surface area contributed by atoms with Crippen molar-refractivity contribution in [1.82, 2.24) is 0 Å². The molecule has 1 aromatic carbocycles. The Hall–Kier alpha value is -2.02. The molecule has 0 aliphatic heterocycles. The third-order valence-electron chi connectivity index (χ3n) is 2.41. The summed E-state index contributed by atoms with van der Waals surface area (Å²) < 4.78 is 26.9. The molecule has 7 heteroatoms. The fourth-order valence-electron chi connectivity index (χ4n) is 1.45. The van der Waals surface area contributed by atoms with Gasteiger partial charge in [0.15, 0.2) is 11.6 Å². The fourth-order valence-corrected chi connectivity index (χ4v) is 1.45. The molecule has 0 aromatic heterocycles. The lowest BCUT2D eigenvalue weighted by atomic mass is 10.00. The van der Waals surface area contributed by atoms with Gasteiger partial charge in [0, 0.05) is 18.0 Å². The number of hydrogen-bond donors (Lipinski definition) is 3. The normalized spacial score (nSPS) is 12.2. The Morgan fingerprint density at radius 3 is 2.33 bits per heavy atom. The topological polar surface area (TPSA) is 101 Å². The van der Waals surface area contributed by atoms with Gasteiger partial charge in [-0.3, -0.25) is 4.79 Å². The lowest BCUT2D eigenvalue weighted by Gasteiger charge is -2.13. The molecule has 4 N–H and O–H groups in total. The van der Waals surface area contributed by atoms with E-state index >= 15 is 0 Å². The summed E-state index contributed by atoms with van der Waals surface area (Å²) >= 11 is 0. The van der Waals surface area contributed by atoms with E-state index in [1.807, 2.05) is 0 Å². The SMILES string of the molecule is NC(CCC(=O)O)c1ccc(C(=O)O)c(F)c1F. The third kappa shape index (κ3) is 3.01. The van der Waals surface area contributed by atoms with E-state index in [1.165, 1.54) is 0 Å². The van der Waals surface area contributed by atoms with E-state index in [4.69, 9.17) is 15.9 Å². The molecule has 0 fully saturated rings. The van der Waals surface area contributed by atoms with Crippen LogP contribution in [0.1, 0.15) is 34.8 Å². The maximum absolute atomic E-state index is 13.5.